The highest BCUT2D eigenvalue weighted by Crippen LogP contribution is 2.23. The van der Waals surface area contributed by atoms with E-state index >= 15 is 0 Å². The fourth-order valence-electron chi connectivity index (χ4n) is 2.66. The van der Waals surface area contributed by atoms with Crippen molar-refractivity contribution in [3.63, 3.8) is 0 Å². The van der Waals surface area contributed by atoms with E-state index in [-0.39, 0.29) is 12.4 Å². The minimum absolute atomic E-state index is 0.261. The molecule has 1 aliphatic rings. The molecule has 1 saturated heterocycles. The van der Waals surface area contributed by atoms with Crippen LogP contribution in [0.15, 0.2) is 18.2 Å². The van der Waals surface area contributed by atoms with Gasteiger partial charge in [0.2, 0.25) is 0 Å². The number of benzene rings is 1. The van der Waals surface area contributed by atoms with Crippen LogP contribution in [0.2, 0.25) is 0 Å². The first-order valence-corrected chi connectivity index (χ1v) is 6.56. The Labute approximate surface area is 107 Å². The normalized spacial score (nSPS) is 21.1. The van der Waals surface area contributed by atoms with Gasteiger partial charge in [-0.15, -0.1) is 0 Å². The fraction of sp³-hybridized carbons (Fsp3) is 0.571. The van der Waals surface area contributed by atoms with Gasteiger partial charge in [-0.1, -0.05) is 6.07 Å². The molecule has 1 fully saturated rings. The van der Waals surface area contributed by atoms with Gasteiger partial charge in [0, 0.05) is 25.4 Å². The summed E-state index contributed by atoms with van der Waals surface area (Å²) in [4.78, 5) is 2.34. The molecule has 18 heavy (non-hydrogen) atoms. The molecule has 1 heterocycles. The van der Waals surface area contributed by atoms with Gasteiger partial charge < -0.3 is 10.8 Å². The molecule has 4 heteroatoms. The summed E-state index contributed by atoms with van der Waals surface area (Å²) in [6.45, 7) is 3.08. The number of nitrogens with two attached hydrogens (primary N) is 1. The highest BCUT2D eigenvalue weighted by Gasteiger charge is 2.19. The molecule has 0 radical (unpaired) electrons. The lowest BCUT2D eigenvalue weighted by Crippen LogP contribution is -2.35. The third kappa shape index (κ3) is 3.43. The van der Waals surface area contributed by atoms with Crippen LogP contribution in [0.25, 0.3) is 0 Å². The molecular weight excluding hydrogens is 231 g/mol. The summed E-state index contributed by atoms with van der Waals surface area (Å²) in [5, 5.41) is 8.99. The summed E-state index contributed by atoms with van der Waals surface area (Å²) in [5.41, 5.74) is 7.34. The van der Waals surface area contributed by atoms with Crippen molar-refractivity contribution in [1.82, 2.24) is 4.90 Å². The van der Waals surface area contributed by atoms with Crippen LogP contribution >= 0.6 is 0 Å². The van der Waals surface area contributed by atoms with Gasteiger partial charge in [0.15, 0.2) is 0 Å². The lowest BCUT2D eigenvalue weighted by molar-refractivity contribution is 0.142. The Morgan fingerprint density at radius 2 is 2.28 bits per heavy atom. The second kappa shape index (κ2) is 6.16. The van der Waals surface area contributed by atoms with E-state index in [0.29, 0.717) is 11.6 Å². The minimum Gasteiger partial charge on any atom is -0.398 e. The van der Waals surface area contributed by atoms with E-state index in [4.69, 9.17) is 10.8 Å². The largest absolute Gasteiger partial charge is 0.398 e. The van der Waals surface area contributed by atoms with Crippen LogP contribution in [0, 0.1) is 11.7 Å². The van der Waals surface area contributed by atoms with Crippen molar-refractivity contribution in [3.05, 3.63) is 29.6 Å². The monoisotopic (exact) mass is 252 g/mol. The van der Waals surface area contributed by atoms with Gasteiger partial charge in [-0.05, 0) is 49.4 Å². The zero-order valence-corrected chi connectivity index (χ0v) is 10.6. The van der Waals surface area contributed by atoms with E-state index < -0.39 is 0 Å². The molecule has 0 spiro atoms. The van der Waals surface area contributed by atoms with Crippen LogP contribution in [0.1, 0.15) is 24.8 Å². The maximum Gasteiger partial charge on any atom is 0.125 e. The van der Waals surface area contributed by atoms with Crippen LogP contribution in [-0.4, -0.2) is 29.7 Å². The fourth-order valence-corrected chi connectivity index (χ4v) is 2.66. The van der Waals surface area contributed by atoms with Gasteiger partial charge in [-0.3, -0.25) is 4.90 Å². The lowest BCUT2D eigenvalue weighted by Gasteiger charge is -2.32. The van der Waals surface area contributed by atoms with E-state index in [0.717, 1.165) is 38.0 Å². The van der Waals surface area contributed by atoms with Crippen molar-refractivity contribution in [1.29, 1.82) is 0 Å². The average molecular weight is 252 g/mol. The van der Waals surface area contributed by atoms with E-state index in [1.54, 1.807) is 6.07 Å². The molecule has 1 aromatic rings. The zero-order chi connectivity index (χ0) is 13.0. The van der Waals surface area contributed by atoms with Gasteiger partial charge in [0.1, 0.15) is 5.82 Å². The van der Waals surface area contributed by atoms with E-state index in [2.05, 4.69) is 4.90 Å². The number of likely N-dealkylation sites (tertiary alicyclic amines) is 1. The third-order valence-electron chi connectivity index (χ3n) is 3.64. The molecule has 100 valence electrons. The van der Waals surface area contributed by atoms with E-state index in [9.17, 15) is 4.39 Å². The van der Waals surface area contributed by atoms with Gasteiger partial charge in [-0.25, -0.2) is 4.39 Å². The first-order valence-electron chi connectivity index (χ1n) is 6.56. The number of anilines is 1. The molecule has 1 atom stereocenters. The van der Waals surface area contributed by atoms with Crippen LogP contribution < -0.4 is 5.73 Å². The molecule has 3 nitrogen and oxygen atoms in total. The summed E-state index contributed by atoms with van der Waals surface area (Å²) in [7, 11) is 0. The predicted octanol–water partition coefficient (Wildman–Crippen LogP) is 2.00. The maximum absolute atomic E-state index is 13.0. The molecular formula is C14H21FN2O. The number of nitrogen functional groups attached to an aromatic ring is 1. The molecule has 0 saturated carbocycles. The lowest BCUT2D eigenvalue weighted by atomic mass is 9.95. The molecule has 0 amide bonds. The predicted molar refractivity (Wildman–Crippen MR) is 70.5 cm³/mol. The Morgan fingerprint density at radius 3 is 3.00 bits per heavy atom. The summed E-state index contributed by atoms with van der Waals surface area (Å²) >= 11 is 0. The number of nitrogens with zero attached hydrogens (tertiary/aromatic N) is 1. The Hall–Kier alpha value is -1.13. The summed E-state index contributed by atoms with van der Waals surface area (Å²) in [6.07, 6.45) is 3.22. The summed E-state index contributed by atoms with van der Waals surface area (Å²) < 4.78 is 13.0. The Bertz CT molecular complexity index is 395. The third-order valence-corrected chi connectivity index (χ3v) is 3.64. The first kappa shape index (κ1) is 13.3. The van der Waals surface area contributed by atoms with Crippen molar-refractivity contribution in [2.75, 3.05) is 25.4 Å². The van der Waals surface area contributed by atoms with Crippen LogP contribution in [0.3, 0.4) is 0 Å². The van der Waals surface area contributed by atoms with Gasteiger partial charge >= 0.3 is 0 Å². The zero-order valence-electron chi connectivity index (χ0n) is 10.6. The molecule has 1 aromatic carbocycles. The molecule has 0 aromatic heterocycles. The molecule has 0 bridgehead atoms. The number of piperidine rings is 1. The Morgan fingerprint density at radius 1 is 1.44 bits per heavy atom. The maximum atomic E-state index is 13.0. The molecule has 1 aliphatic heterocycles. The highest BCUT2D eigenvalue weighted by atomic mass is 19.1. The smallest absolute Gasteiger partial charge is 0.125 e. The SMILES string of the molecule is Nc1cc(F)ccc1CN1CCCC(CCO)C1. The first-order chi connectivity index (χ1) is 8.69. The standard InChI is InChI=1S/C14H21FN2O/c15-13-4-3-12(14(16)8-13)10-17-6-1-2-11(9-17)5-7-18/h3-4,8,11,18H,1-2,5-7,9-10,16H2. The van der Waals surface area contributed by atoms with Crippen molar-refractivity contribution in [3.8, 4) is 0 Å². The van der Waals surface area contributed by atoms with Crippen LogP contribution in [0.4, 0.5) is 10.1 Å². The van der Waals surface area contributed by atoms with Gasteiger partial charge in [0.25, 0.3) is 0 Å². The van der Waals surface area contributed by atoms with Crippen molar-refractivity contribution < 1.29 is 9.50 Å². The molecule has 2 rings (SSSR count). The Balaban J connectivity index is 1.96. The second-order valence-corrected chi connectivity index (χ2v) is 5.10. The van der Waals surface area contributed by atoms with Crippen LogP contribution in [0.5, 0.6) is 0 Å². The molecule has 1 unspecified atom stereocenters. The second-order valence-electron chi connectivity index (χ2n) is 5.10. The number of aliphatic hydroxyl groups excluding tert-OH is 1. The highest BCUT2D eigenvalue weighted by molar-refractivity contribution is 5.46. The number of hydrogen-bond donors (Lipinski definition) is 2. The van der Waals surface area contributed by atoms with Gasteiger partial charge in [0.05, 0.1) is 0 Å². The van der Waals surface area contributed by atoms with Crippen molar-refractivity contribution in [2.24, 2.45) is 5.92 Å². The number of hydrogen-bond acceptors (Lipinski definition) is 3. The van der Waals surface area contributed by atoms with Crippen molar-refractivity contribution in [2.45, 2.75) is 25.8 Å². The number of rotatable bonds is 4. The summed E-state index contributed by atoms with van der Waals surface area (Å²) in [6, 6.07) is 4.60. The van der Waals surface area contributed by atoms with Crippen LogP contribution in [-0.2, 0) is 6.54 Å². The molecule has 0 aliphatic carbocycles. The topological polar surface area (TPSA) is 49.5 Å². The average Bonchev–Trinajstić information content (AvgIpc) is 2.34. The number of aliphatic hydroxyl groups is 1. The number of halogens is 1. The van der Waals surface area contributed by atoms with Crippen molar-refractivity contribution >= 4 is 5.69 Å². The van der Waals surface area contributed by atoms with E-state index in [1.165, 1.54) is 18.6 Å². The Kier molecular flexibility index (Phi) is 4.55. The molecule has 3 N–H and O–H groups in total. The minimum atomic E-state index is -0.284. The van der Waals surface area contributed by atoms with Gasteiger partial charge in [-0.2, -0.15) is 0 Å². The summed E-state index contributed by atoms with van der Waals surface area (Å²) in [5.74, 6) is 0.290. The quantitative estimate of drug-likeness (QED) is 0.806. The van der Waals surface area contributed by atoms with E-state index in [1.807, 2.05) is 0 Å².